The molecule has 0 amide bonds. The van der Waals surface area contributed by atoms with Gasteiger partial charge in [0.2, 0.25) is 5.69 Å². The van der Waals surface area contributed by atoms with Crippen molar-refractivity contribution in [3.05, 3.63) is 71.9 Å². The van der Waals surface area contributed by atoms with Crippen LogP contribution in [-0.2, 0) is 57.5 Å². The second kappa shape index (κ2) is 30.4. The molecule has 0 saturated heterocycles. The molecule has 0 unspecified atom stereocenters. The van der Waals surface area contributed by atoms with Crippen LogP contribution in [-0.4, -0.2) is 163 Å². The van der Waals surface area contributed by atoms with Gasteiger partial charge in [-0.15, -0.1) is 0 Å². The fourth-order valence-corrected chi connectivity index (χ4v) is 5.66. The topological polar surface area (TPSA) is 117 Å². The molecule has 55 heavy (non-hydrogen) atoms. The van der Waals surface area contributed by atoms with E-state index in [0.717, 1.165) is 12.2 Å². The minimum Gasteiger partial charge on any atom is -0.382 e. The van der Waals surface area contributed by atoms with Crippen LogP contribution in [0.5, 0.6) is 0 Å². The predicted octanol–water partition coefficient (Wildman–Crippen LogP) is 4.81. The van der Waals surface area contributed by atoms with Gasteiger partial charge in [-0.25, -0.2) is 0 Å². The molecular weight excluding hydrogens is 708 g/mol. The van der Waals surface area contributed by atoms with Crippen molar-refractivity contribution in [2.45, 2.75) is 26.2 Å². The Hall–Kier alpha value is -2.79. The summed E-state index contributed by atoms with van der Waals surface area (Å²) >= 11 is 0. The lowest BCUT2D eigenvalue weighted by Gasteiger charge is -2.16. The Morgan fingerprint density at radius 2 is 0.927 bits per heavy atom. The molecule has 0 radical (unpaired) electrons. The van der Waals surface area contributed by atoms with E-state index >= 15 is 0 Å². The number of rotatable bonds is 36. The predicted molar refractivity (Wildman–Crippen MR) is 213 cm³/mol. The Labute approximate surface area is 329 Å². The smallest absolute Gasteiger partial charge is 0.209 e. The first kappa shape index (κ1) is 46.6. The third-order valence-corrected chi connectivity index (χ3v) is 8.55. The maximum Gasteiger partial charge on any atom is 0.209 e. The average molecular weight is 776 g/mol. The van der Waals surface area contributed by atoms with Gasteiger partial charge in [0.1, 0.15) is 6.61 Å². The van der Waals surface area contributed by atoms with E-state index in [1.54, 1.807) is 7.11 Å². The van der Waals surface area contributed by atoms with E-state index < -0.39 is 0 Å². The molecule has 0 aromatic heterocycles. The lowest BCUT2D eigenvalue weighted by atomic mass is 9.81. The summed E-state index contributed by atoms with van der Waals surface area (Å²) in [5.41, 5.74) is 6.01. The average Bonchev–Trinajstić information content (AvgIpc) is 3.39. The number of benzene rings is 2. The molecule has 0 aliphatic carbocycles. The van der Waals surface area contributed by atoms with E-state index in [1.165, 1.54) is 22.5 Å². The van der Waals surface area contributed by atoms with Gasteiger partial charge in [0.15, 0.2) is 12.3 Å². The zero-order chi connectivity index (χ0) is 39.1. The minimum atomic E-state index is -0.125. The number of allylic oxidation sites excluding steroid dienone is 1. The Morgan fingerprint density at radius 3 is 1.35 bits per heavy atom. The van der Waals surface area contributed by atoms with Gasteiger partial charge in [-0.2, -0.15) is 4.58 Å². The first-order valence-electron chi connectivity index (χ1n) is 19.5. The monoisotopic (exact) mass is 775 g/mol. The second-order valence-corrected chi connectivity index (χ2v) is 13.1. The van der Waals surface area contributed by atoms with Gasteiger partial charge in [-0.1, -0.05) is 29.8 Å². The zero-order valence-corrected chi connectivity index (χ0v) is 33.8. The SMILES string of the molecule is COCCOCCOCCOCCOCCOCCOCCOCCOCCOCCOCC[N+]1=C(/C=C/Nc2ccccc2)C(C)(C)c2cc(C)ccc21. The highest BCUT2D eigenvalue weighted by Gasteiger charge is 2.44. The van der Waals surface area contributed by atoms with Crippen molar-refractivity contribution in [2.24, 2.45) is 0 Å². The maximum atomic E-state index is 5.97. The van der Waals surface area contributed by atoms with E-state index in [9.17, 15) is 0 Å². The molecule has 1 aliphatic heterocycles. The summed E-state index contributed by atoms with van der Waals surface area (Å²) in [6.45, 7) is 18.6. The van der Waals surface area contributed by atoms with Crippen molar-refractivity contribution in [2.75, 3.05) is 158 Å². The Balaban J connectivity index is 1.08. The van der Waals surface area contributed by atoms with Gasteiger partial charge in [0, 0.05) is 36.7 Å². The number of hydrogen-bond donors (Lipinski definition) is 1. The first-order chi connectivity index (χ1) is 27.0. The fourth-order valence-electron chi connectivity index (χ4n) is 5.66. The Bertz CT molecular complexity index is 1310. The molecule has 1 aliphatic rings. The normalized spacial score (nSPS) is 13.7. The van der Waals surface area contributed by atoms with Crippen LogP contribution < -0.4 is 5.32 Å². The van der Waals surface area contributed by atoms with Crippen LogP contribution in [0.4, 0.5) is 11.4 Å². The molecule has 3 rings (SSSR count). The van der Waals surface area contributed by atoms with Gasteiger partial charge in [-0.05, 0) is 39.0 Å². The molecule has 0 fully saturated rings. The number of anilines is 1. The number of ether oxygens (including phenoxy) is 11. The molecule has 13 nitrogen and oxygen atoms in total. The molecule has 0 atom stereocenters. The highest BCUT2D eigenvalue weighted by atomic mass is 16.6. The summed E-state index contributed by atoms with van der Waals surface area (Å²) in [7, 11) is 1.65. The van der Waals surface area contributed by atoms with Crippen molar-refractivity contribution >= 4 is 17.1 Å². The fraction of sp³-hybridized carbons (Fsp3) is 0.643. The van der Waals surface area contributed by atoms with Crippen LogP contribution in [0.2, 0.25) is 0 Å². The zero-order valence-electron chi connectivity index (χ0n) is 33.8. The van der Waals surface area contributed by atoms with Crippen LogP contribution in [0.25, 0.3) is 0 Å². The second-order valence-electron chi connectivity index (χ2n) is 13.1. The van der Waals surface area contributed by atoms with Crippen LogP contribution >= 0.6 is 0 Å². The van der Waals surface area contributed by atoms with Gasteiger partial charge in [-0.3, -0.25) is 0 Å². The summed E-state index contributed by atoms with van der Waals surface area (Å²) in [6.07, 6.45) is 4.21. The van der Waals surface area contributed by atoms with Crippen molar-refractivity contribution in [3.63, 3.8) is 0 Å². The number of fused-ring (bicyclic) bond motifs is 1. The molecule has 2 aromatic carbocycles. The van der Waals surface area contributed by atoms with Crippen LogP contribution in [0, 0.1) is 6.92 Å². The van der Waals surface area contributed by atoms with E-state index in [2.05, 4.69) is 67.1 Å². The largest absolute Gasteiger partial charge is 0.382 e. The number of para-hydroxylation sites is 1. The molecule has 1 N–H and O–H groups in total. The summed E-state index contributed by atoms with van der Waals surface area (Å²) in [5.74, 6) is 0. The van der Waals surface area contributed by atoms with E-state index in [-0.39, 0.29) is 5.41 Å². The Morgan fingerprint density at radius 1 is 0.527 bits per heavy atom. The van der Waals surface area contributed by atoms with Gasteiger partial charge in [0.05, 0.1) is 138 Å². The van der Waals surface area contributed by atoms with Crippen LogP contribution in [0.3, 0.4) is 0 Å². The molecule has 1 heterocycles. The lowest BCUT2D eigenvalue weighted by Crippen LogP contribution is -2.29. The Kier molecular flexibility index (Phi) is 25.7. The van der Waals surface area contributed by atoms with Crippen molar-refractivity contribution in [1.29, 1.82) is 0 Å². The lowest BCUT2D eigenvalue weighted by molar-refractivity contribution is -0.442. The molecule has 310 valence electrons. The number of nitrogens with zero attached hydrogens (tertiary/aromatic N) is 1. The molecule has 0 spiro atoms. The van der Waals surface area contributed by atoms with Gasteiger partial charge >= 0.3 is 0 Å². The molecule has 2 aromatic rings. The quantitative estimate of drug-likeness (QED) is 0.0757. The van der Waals surface area contributed by atoms with Crippen LogP contribution in [0.1, 0.15) is 25.0 Å². The summed E-state index contributed by atoms with van der Waals surface area (Å²) < 4.78 is 62.8. The number of hydrogen-bond acceptors (Lipinski definition) is 12. The van der Waals surface area contributed by atoms with E-state index in [4.69, 9.17) is 52.1 Å². The third kappa shape index (κ3) is 20.3. The number of aryl methyl sites for hydroxylation is 1. The highest BCUT2D eigenvalue weighted by molar-refractivity contribution is 6.03. The van der Waals surface area contributed by atoms with Crippen molar-refractivity contribution < 1.29 is 56.7 Å². The minimum absolute atomic E-state index is 0.125. The molecule has 0 bridgehead atoms. The summed E-state index contributed by atoms with van der Waals surface area (Å²) in [6, 6.07) is 16.9. The highest BCUT2D eigenvalue weighted by Crippen LogP contribution is 2.40. The summed E-state index contributed by atoms with van der Waals surface area (Å²) in [4.78, 5) is 0. The molecule has 0 saturated carbocycles. The molecule has 13 heteroatoms. The molecular formula is C42H67N2O11+. The van der Waals surface area contributed by atoms with E-state index in [1.807, 2.05) is 24.4 Å². The first-order valence-corrected chi connectivity index (χ1v) is 19.5. The summed E-state index contributed by atoms with van der Waals surface area (Å²) in [5, 5.41) is 3.40. The third-order valence-electron chi connectivity index (χ3n) is 8.55. The van der Waals surface area contributed by atoms with Gasteiger partial charge < -0.3 is 57.4 Å². The number of nitrogens with one attached hydrogen (secondary N) is 1. The van der Waals surface area contributed by atoms with Gasteiger partial charge in [0.25, 0.3) is 0 Å². The van der Waals surface area contributed by atoms with Crippen molar-refractivity contribution in [3.8, 4) is 0 Å². The maximum absolute atomic E-state index is 5.97. The van der Waals surface area contributed by atoms with Crippen molar-refractivity contribution in [1.82, 2.24) is 0 Å². The van der Waals surface area contributed by atoms with E-state index in [0.29, 0.717) is 139 Å². The van der Waals surface area contributed by atoms with Crippen LogP contribution in [0.15, 0.2) is 60.8 Å². The standard InChI is InChI=1S/C42H66N2O11/c1-37-10-11-40-39(36-37)42(2,3)41(12-13-43-38-8-6-5-7-9-38)44(40)14-15-46-18-19-48-22-23-50-26-27-52-30-31-54-34-35-55-33-32-53-29-28-51-25-24-49-21-20-47-17-16-45-4/h5-13,36H,14-35H2,1-4H3/p+1. The number of methoxy groups -OCH3 is 1.